The van der Waals surface area contributed by atoms with Gasteiger partial charge < -0.3 is 24.9 Å². The number of fused-ring (bicyclic) bond motifs is 1. The third kappa shape index (κ3) is 5.87. The summed E-state index contributed by atoms with van der Waals surface area (Å²) in [6.45, 7) is 1.07. The third-order valence-electron chi connectivity index (χ3n) is 7.21. The van der Waals surface area contributed by atoms with Crippen molar-refractivity contribution in [3.63, 3.8) is 0 Å². The fraction of sp³-hybridized carbons (Fsp3) is 0.448. The van der Waals surface area contributed by atoms with Crippen molar-refractivity contribution in [1.82, 2.24) is 15.6 Å². The van der Waals surface area contributed by atoms with Crippen LogP contribution in [-0.4, -0.2) is 47.2 Å². The highest BCUT2D eigenvalue weighted by Crippen LogP contribution is 2.34. The summed E-state index contributed by atoms with van der Waals surface area (Å²) in [5.74, 6) is -0.00881. The van der Waals surface area contributed by atoms with Crippen molar-refractivity contribution in [2.75, 3.05) is 19.8 Å². The maximum atomic E-state index is 12.6. The van der Waals surface area contributed by atoms with Gasteiger partial charge in [-0.1, -0.05) is 37.5 Å². The van der Waals surface area contributed by atoms with E-state index >= 15 is 0 Å². The van der Waals surface area contributed by atoms with Gasteiger partial charge in [0.1, 0.15) is 11.1 Å². The number of nitrogens with one attached hydrogen (secondary N) is 2. The van der Waals surface area contributed by atoms with Crippen LogP contribution in [-0.2, 0) is 15.1 Å². The first-order valence-electron chi connectivity index (χ1n) is 13.2. The first-order valence-corrected chi connectivity index (χ1v) is 13.2. The van der Waals surface area contributed by atoms with Crippen LogP contribution in [0.3, 0.4) is 0 Å². The van der Waals surface area contributed by atoms with Crippen LogP contribution in [0.2, 0.25) is 0 Å². The number of unbranched alkanes of at least 4 members (excludes halogenated alkanes) is 4. The van der Waals surface area contributed by atoms with Gasteiger partial charge in [-0.2, -0.15) is 5.26 Å². The number of carbonyl (C=O) groups excluding carboxylic acids is 2. The molecule has 1 aliphatic carbocycles. The number of carbonyl (C=O) groups is 2. The molecule has 2 aromatic heterocycles. The maximum Gasteiger partial charge on any atom is 0.287 e. The number of amides is 2. The second-order valence-electron chi connectivity index (χ2n) is 10.3. The van der Waals surface area contributed by atoms with Crippen LogP contribution in [0.5, 0.6) is 0 Å². The molecule has 0 unspecified atom stereocenters. The minimum absolute atomic E-state index is 0.0389. The molecule has 1 aliphatic heterocycles. The molecule has 198 valence electrons. The zero-order chi connectivity index (χ0) is 26.6. The molecule has 1 aromatic carbocycles. The number of aromatic nitrogens is 1. The molecule has 2 fully saturated rings. The number of hydrogen-bond donors (Lipinski definition) is 3. The number of pyridine rings is 1. The Bertz CT molecular complexity index is 1350. The van der Waals surface area contributed by atoms with E-state index in [4.69, 9.17) is 14.4 Å². The predicted molar refractivity (Wildman–Crippen MR) is 140 cm³/mol. The van der Waals surface area contributed by atoms with Gasteiger partial charge in [-0.15, -0.1) is 0 Å². The smallest absolute Gasteiger partial charge is 0.287 e. The van der Waals surface area contributed by atoms with Crippen molar-refractivity contribution in [2.45, 2.75) is 62.5 Å². The molecule has 1 saturated carbocycles. The summed E-state index contributed by atoms with van der Waals surface area (Å²) in [6, 6.07) is 13.4. The molecular weight excluding hydrogens is 484 g/mol. The van der Waals surface area contributed by atoms with Gasteiger partial charge in [-0.3, -0.25) is 14.6 Å². The number of aliphatic hydroxyl groups is 1. The fourth-order valence-corrected chi connectivity index (χ4v) is 4.55. The van der Waals surface area contributed by atoms with E-state index in [1.54, 1.807) is 18.3 Å². The van der Waals surface area contributed by atoms with Crippen LogP contribution in [0.25, 0.3) is 22.1 Å². The van der Waals surface area contributed by atoms with E-state index in [9.17, 15) is 14.7 Å². The molecule has 0 radical (unpaired) electrons. The van der Waals surface area contributed by atoms with Crippen molar-refractivity contribution in [3.8, 4) is 17.2 Å². The Kier molecular flexibility index (Phi) is 7.45. The number of nitriles is 1. The number of benzene rings is 1. The highest BCUT2D eigenvalue weighted by Gasteiger charge is 2.44. The van der Waals surface area contributed by atoms with Gasteiger partial charge in [0.05, 0.1) is 25.0 Å². The molecule has 9 nitrogen and oxygen atoms in total. The zero-order valence-corrected chi connectivity index (χ0v) is 21.3. The van der Waals surface area contributed by atoms with Gasteiger partial charge in [0, 0.05) is 30.1 Å². The van der Waals surface area contributed by atoms with Gasteiger partial charge in [-0.25, -0.2) is 0 Å². The predicted octanol–water partition coefficient (Wildman–Crippen LogP) is 3.96. The monoisotopic (exact) mass is 516 g/mol. The van der Waals surface area contributed by atoms with E-state index in [0.717, 1.165) is 61.5 Å². The molecule has 0 bridgehead atoms. The minimum Gasteiger partial charge on any atom is -0.451 e. The van der Waals surface area contributed by atoms with Gasteiger partial charge in [0.2, 0.25) is 5.91 Å². The molecular formula is C29H32N4O5. The molecule has 0 spiro atoms. The molecule has 2 aliphatic rings. The zero-order valence-electron chi connectivity index (χ0n) is 21.3. The van der Waals surface area contributed by atoms with Crippen molar-refractivity contribution in [1.29, 1.82) is 5.26 Å². The van der Waals surface area contributed by atoms with Gasteiger partial charge in [0.15, 0.2) is 11.4 Å². The Morgan fingerprint density at radius 2 is 1.79 bits per heavy atom. The van der Waals surface area contributed by atoms with Crippen LogP contribution in [0.1, 0.15) is 67.6 Å². The van der Waals surface area contributed by atoms with Gasteiger partial charge in [-0.05, 0) is 49.4 Å². The molecule has 5 rings (SSSR count). The summed E-state index contributed by atoms with van der Waals surface area (Å²) in [4.78, 5) is 28.9. The molecule has 2 amide bonds. The van der Waals surface area contributed by atoms with Crippen LogP contribution in [0.15, 0.2) is 47.0 Å². The lowest BCUT2D eigenvalue weighted by Gasteiger charge is -2.35. The van der Waals surface area contributed by atoms with Gasteiger partial charge in [0.25, 0.3) is 5.91 Å². The van der Waals surface area contributed by atoms with Crippen molar-refractivity contribution >= 4 is 22.8 Å². The van der Waals surface area contributed by atoms with Gasteiger partial charge >= 0.3 is 0 Å². The topological polar surface area (TPSA) is 137 Å². The van der Waals surface area contributed by atoms with E-state index in [1.807, 2.05) is 24.3 Å². The summed E-state index contributed by atoms with van der Waals surface area (Å²) < 4.78 is 10.9. The Morgan fingerprint density at radius 1 is 1.03 bits per heavy atom. The molecule has 1 saturated heterocycles. The summed E-state index contributed by atoms with van der Waals surface area (Å²) in [6.07, 6.45) is 8.23. The minimum atomic E-state index is -0.998. The maximum absolute atomic E-state index is 12.6. The number of nitrogens with zero attached hydrogens (tertiary/aromatic N) is 2. The lowest BCUT2D eigenvalue weighted by atomic mass is 9.96. The third-order valence-corrected chi connectivity index (χ3v) is 7.21. The average Bonchev–Trinajstić information content (AvgIpc) is 3.55. The molecule has 3 heterocycles. The summed E-state index contributed by atoms with van der Waals surface area (Å²) in [5.41, 5.74) is 1.42. The van der Waals surface area contributed by atoms with E-state index in [0.29, 0.717) is 24.2 Å². The standard InChI is InChI=1S/C29H32N4O5/c30-17-28(11-12-28)33-26(34)6-4-2-1-3-5-13-31-27(35)24-15-21-8-7-20(14-23(21)38-24)22-9-10-25(32-16-22)29(36)18-37-19-29/h7-10,14-16,36H,1-6,11-13,18-19H2,(H,31,35)(H,33,34). The Hall–Kier alpha value is -3.74. The van der Waals surface area contributed by atoms with Crippen molar-refractivity contribution < 1.29 is 23.8 Å². The first kappa shape index (κ1) is 25.9. The SMILES string of the molecule is N#CC1(NC(=O)CCCCCCCNC(=O)c2cc3ccc(-c4ccc(C5(O)COC5)nc4)cc3o2)CC1. The van der Waals surface area contributed by atoms with E-state index in [-0.39, 0.29) is 30.8 Å². The fourth-order valence-electron chi connectivity index (χ4n) is 4.55. The summed E-state index contributed by atoms with van der Waals surface area (Å²) in [5, 5.41) is 26.0. The molecule has 0 atom stereocenters. The number of ether oxygens (including phenoxy) is 1. The lowest BCUT2D eigenvalue weighted by Crippen LogP contribution is -2.47. The molecule has 38 heavy (non-hydrogen) atoms. The number of rotatable bonds is 12. The van der Waals surface area contributed by atoms with Crippen LogP contribution in [0, 0.1) is 11.3 Å². The summed E-state index contributed by atoms with van der Waals surface area (Å²) >= 11 is 0. The average molecular weight is 517 g/mol. The second-order valence-corrected chi connectivity index (χ2v) is 10.3. The molecule has 3 N–H and O–H groups in total. The Morgan fingerprint density at radius 3 is 2.47 bits per heavy atom. The van der Waals surface area contributed by atoms with E-state index in [2.05, 4.69) is 21.7 Å². The van der Waals surface area contributed by atoms with Crippen LogP contribution in [0.4, 0.5) is 0 Å². The Labute approximate surface area is 221 Å². The van der Waals surface area contributed by atoms with Crippen molar-refractivity contribution in [2.24, 2.45) is 0 Å². The normalized spacial score (nSPS) is 16.8. The summed E-state index contributed by atoms with van der Waals surface area (Å²) in [7, 11) is 0. The Balaban J connectivity index is 1.03. The van der Waals surface area contributed by atoms with E-state index in [1.165, 1.54) is 0 Å². The lowest BCUT2D eigenvalue weighted by molar-refractivity contribution is -0.186. The number of furan rings is 1. The van der Waals surface area contributed by atoms with Crippen molar-refractivity contribution in [3.05, 3.63) is 54.0 Å². The molecule has 9 heteroatoms. The quantitative estimate of drug-likeness (QED) is 0.310. The second kappa shape index (κ2) is 10.9. The highest BCUT2D eigenvalue weighted by atomic mass is 16.5. The highest BCUT2D eigenvalue weighted by molar-refractivity contribution is 5.96. The number of hydrogen-bond acceptors (Lipinski definition) is 7. The first-order chi connectivity index (χ1) is 18.4. The van der Waals surface area contributed by atoms with Crippen LogP contribution < -0.4 is 10.6 Å². The molecule has 3 aromatic rings. The van der Waals surface area contributed by atoms with E-state index < -0.39 is 11.1 Å². The van der Waals surface area contributed by atoms with Crippen LogP contribution >= 0.6 is 0 Å². The largest absolute Gasteiger partial charge is 0.451 e.